The number of amides is 2. The van der Waals surface area contributed by atoms with Gasteiger partial charge in [0.25, 0.3) is 11.8 Å². The van der Waals surface area contributed by atoms with E-state index in [0.717, 1.165) is 25.7 Å². The first-order chi connectivity index (χ1) is 8.77. The number of hydrogen-bond acceptors (Lipinski definition) is 3. The average Bonchev–Trinajstić information content (AvgIpc) is 3.05. The molecular weight excluding hydrogens is 230 g/mol. The van der Waals surface area contributed by atoms with Crippen LogP contribution < -0.4 is 0 Å². The Morgan fingerprint density at radius 1 is 0.944 bits per heavy atom. The van der Waals surface area contributed by atoms with E-state index in [-0.39, 0.29) is 17.9 Å². The van der Waals surface area contributed by atoms with E-state index in [2.05, 4.69) is 0 Å². The molecule has 18 heavy (non-hydrogen) atoms. The molecule has 4 heteroatoms. The van der Waals surface area contributed by atoms with Crippen molar-refractivity contribution in [2.24, 2.45) is 0 Å². The van der Waals surface area contributed by atoms with Crippen LogP contribution in [0.4, 0.5) is 0 Å². The van der Waals surface area contributed by atoms with Crippen molar-refractivity contribution in [2.75, 3.05) is 0 Å². The Bertz CT molecular complexity index is 591. The molecular formula is C14H13NO3. The normalized spacial score (nSPS) is 21.2. The predicted molar refractivity (Wildman–Crippen MR) is 64.8 cm³/mol. The maximum Gasteiger partial charge on any atom is 0.265 e. The van der Waals surface area contributed by atoms with Gasteiger partial charge in [0.05, 0.1) is 11.1 Å². The third kappa shape index (κ3) is 1.10. The lowest BCUT2D eigenvalue weighted by Crippen LogP contribution is -2.41. The van der Waals surface area contributed by atoms with E-state index in [0.29, 0.717) is 22.3 Å². The van der Waals surface area contributed by atoms with E-state index < -0.39 is 0 Å². The van der Waals surface area contributed by atoms with Gasteiger partial charge in [0.15, 0.2) is 0 Å². The lowest BCUT2D eigenvalue weighted by molar-refractivity contribution is 0.0548. The monoisotopic (exact) mass is 243 g/mol. The minimum Gasteiger partial charge on any atom is -0.456 e. The van der Waals surface area contributed by atoms with Crippen molar-refractivity contribution in [2.45, 2.75) is 38.1 Å². The van der Waals surface area contributed by atoms with Gasteiger partial charge in [0, 0.05) is 6.04 Å². The third-order valence-corrected chi connectivity index (χ3v) is 4.15. The number of nitrogens with zero attached hydrogens (tertiary/aromatic N) is 1. The van der Waals surface area contributed by atoms with Gasteiger partial charge >= 0.3 is 0 Å². The van der Waals surface area contributed by atoms with Gasteiger partial charge in [-0.3, -0.25) is 14.5 Å². The van der Waals surface area contributed by atoms with Crippen LogP contribution in [0.25, 0.3) is 11.2 Å². The quantitative estimate of drug-likeness (QED) is 0.723. The number of hydrogen-bond donors (Lipinski definition) is 0. The van der Waals surface area contributed by atoms with Gasteiger partial charge < -0.3 is 4.42 Å². The van der Waals surface area contributed by atoms with Gasteiger partial charge in [-0.15, -0.1) is 0 Å². The number of furan rings is 2. The molecule has 0 N–H and O–H groups in total. The van der Waals surface area contributed by atoms with Crippen LogP contribution in [0.3, 0.4) is 0 Å². The number of carbonyl (C=O) groups excluding carboxylic acids is 2. The topological polar surface area (TPSA) is 50.5 Å². The average molecular weight is 243 g/mol. The Morgan fingerprint density at radius 3 is 2.06 bits per heavy atom. The fraction of sp³-hybridized carbons (Fsp3) is 0.429. The van der Waals surface area contributed by atoms with E-state index in [9.17, 15) is 9.59 Å². The highest BCUT2D eigenvalue weighted by Gasteiger charge is 2.44. The number of benzene rings is 1. The molecule has 2 aromatic rings. The highest BCUT2D eigenvalue weighted by Crippen LogP contribution is 2.38. The fourth-order valence-electron chi connectivity index (χ4n) is 3.28. The highest BCUT2D eigenvalue weighted by atomic mass is 16.3. The molecule has 0 radical (unpaired) electrons. The Hall–Kier alpha value is -1.84. The number of fused-ring (bicyclic) bond motifs is 5. The molecule has 3 heterocycles. The van der Waals surface area contributed by atoms with Crippen molar-refractivity contribution in [3.63, 3.8) is 0 Å². The molecule has 0 atom stereocenters. The maximum atomic E-state index is 12.4. The van der Waals surface area contributed by atoms with Crippen molar-refractivity contribution in [1.29, 1.82) is 0 Å². The first-order valence-electron chi connectivity index (χ1n) is 6.50. The molecule has 2 aromatic heterocycles. The Labute approximate surface area is 104 Å². The Balaban J connectivity index is 1.78. The lowest BCUT2D eigenvalue weighted by Gasteiger charge is -2.29. The van der Waals surface area contributed by atoms with E-state index in [1.54, 1.807) is 12.1 Å². The van der Waals surface area contributed by atoms with Gasteiger partial charge in [-0.05, 0) is 25.0 Å². The minimum atomic E-state index is -0.156. The van der Waals surface area contributed by atoms with Crippen molar-refractivity contribution >= 4 is 23.0 Å². The molecule has 0 unspecified atom stereocenters. The standard InChI is InChI=1S/C14H13NO3/c16-13-11-9-6-7-10(18-9)12(11)14(17)15(13)8-4-2-1-3-5-8/h6-8H,1-5H2. The number of rotatable bonds is 1. The summed E-state index contributed by atoms with van der Waals surface area (Å²) in [7, 11) is 0. The summed E-state index contributed by atoms with van der Waals surface area (Å²) in [5, 5.41) is 0. The van der Waals surface area contributed by atoms with Crippen LogP contribution in [0.2, 0.25) is 0 Å². The molecule has 4 rings (SSSR count). The summed E-state index contributed by atoms with van der Waals surface area (Å²) in [6, 6.07) is 3.62. The van der Waals surface area contributed by atoms with Crippen molar-refractivity contribution in [1.82, 2.24) is 4.90 Å². The van der Waals surface area contributed by atoms with Crippen LogP contribution in [-0.4, -0.2) is 22.8 Å². The zero-order valence-corrected chi connectivity index (χ0v) is 9.94. The second-order valence-electron chi connectivity index (χ2n) is 5.19. The molecule has 92 valence electrons. The molecule has 1 fully saturated rings. The van der Waals surface area contributed by atoms with Gasteiger partial charge in [-0.25, -0.2) is 0 Å². The van der Waals surface area contributed by atoms with Crippen LogP contribution in [0, 0.1) is 0 Å². The second kappa shape index (κ2) is 3.34. The molecule has 0 saturated heterocycles. The summed E-state index contributed by atoms with van der Waals surface area (Å²) in [4.78, 5) is 26.2. The molecule has 2 bridgehead atoms. The molecule has 0 aromatic carbocycles. The molecule has 2 amide bonds. The fourth-order valence-corrected chi connectivity index (χ4v) is 3.28. The number of carbonyl (C=O) groups is 2. The molecule has 0 spiro atoms. The number of imide groups is 1. The molecule has 1 saturated carbocycles. The summed E-state index contributed by atoms with van der Waals surface area (Å²) < 4.78 is 5.40. The van der Waals surface area contributed by atoms with Crippen LogP contribution in [0.1, 0.15) is 52.8 Å². The van der Waals surface area contributed by atoms with Crippen LogP contribution in [-0.2, 0) is 0 Å². The van der Waals surface area contributed by atoms with Crippen molar-refractivity contribution < 1.29 is 14.0 Å². The maximum absolute atomic E-state index is 12.4. The largest absolute Gasteiger partial charge is 0.456 e. The summed E-state index contributed by atoms with van der Waals surface area (Å²) >= 11 is 0. The van der Waals surface area contributed by atoms with Crippen molar-refractivity contribution in [3.05, 3.63) is 23.3 Å². The first-order valence-corrected chi connectivity index (χ1v) is 6.50. The molecule has 1 aliphatic carbocycles. The summed E-state index contributed by atoms with van der Waals surface area (Å²) in [6.45, 7) is 0. The van der Waals surface area contributed by atoms with Crippen LogP contribution in [0.15, 0.2) is 16.5 Å². The van der Waals surface area contributed by atoms with Crippen LogP contribution in [0.5, 0.6) is 0 Å². The molecule has 1 aliphatic heterocycles. The third-order valence-electron chi connectivity index (χ3n) is 4.15. The van der Waals surface area contributed by atoms with Crippen molar-refractivity contribution in [3.8, 4) is 0 Å². The summed E-state index contributed by atoms with van der Waals surface area (Å²) in [5.41, 5.74) is 2.08. The zero-order chi connectivity index (χ0) is 12.3. The van der Waals surface area contributed by atoms with Gasteiger partial charge in [0.2, 0.25) is 0 Å². The second-order valence-corrected chi connectivity index (χ2v) is 5.19. The summed E-state index contributed by atoms with van der Waals surface area (Å²) in [6.07, 6.45) is 5.30. The van der Waals surface area contributed by atoms with E-state index in [1.165, 1.54) is 11.3 Å². The highest BCUT2D eigenvalue weighted by molar-refractivity contribution is 6.27. The van der Waals surface area contributed by atoms with Gasteiger partial charge in [-0.2, -0.15) is 0 Å². The van der Waals surface area contributed by atoms with E-state index in [4.69, 9.17) is 4.42 Å². The zero-order valence-electron chi connectivity index (χ0n) is 9.94. The predicted octanol–water partition coefficient (Wildman–Crippen LogP) is 2.80. The minimum absolute atomic E-state index is 0.0879. The SMILES string of the molecule is O=C1c2c(c3ccc2o3)C(=O)N1C1CCCCC1. The van der Waals surface area contributed by atoms with E-state index >= 15 is 0 Å². The van der Waals surface area contributed by atoms with E-state index in [1.807, 2.05) is 0 Å². The lowest BCUT2D eigenvalue weighted by atomic mass is 9.94. The van der Waals surface area contributed by atoms with Gasteiger partial charge in [0.1, 0.15) is 11.2 Å². The molecule has 2 aliphatic rings. The summed E-state index contributed by atoms with van der Waals surface area (Å²) in [5.74, 6) is -0.312. The first kappa shape index (κ1) is 10.1. The van der Waals surface area contributed by atoms with Crippen LogP contribution >= 0.6 is 0 Å². The van der Waals surface area contributed by atoms with Gasteiger partial charge in [-0.1, -0.05) is 19.3 Å². The Kier molecular flexibility index (Phi) is 1.88. The Morgan fingerprint density at radius 2 is 1.50 bits per heavy atom. The molecule has 4 nitrogen and oxygen atoms in total. The smallest absolute Gasteiger partial charge is 0.265 e.